The van der Waals surface area contributed by atoms with Crippen molar-refractivity contribution in [3.05, 3.63) is 65.2 Å². The number of thioether (sulfide) groups is 1. The van der Waals surface area contributed by atoms with E-state index < -0.39 is 6.10 Å². The van der Waals surface area contributed by atoms with Gasteiger partial charge in [-0.1, -0.05) is 71.1 Å². The number of anilines is 2. The number of halogens is 1. The normalized spacial score (nSPS) is 12.1. The summed E-state index contributed by atoms with van der Waals surface area (Å²) >= 11 is 9.00. The summed E-state index contributed by atoms with van der Waals surface area (Å²) in [5.74, 6) is 0.476. The smallest absolute Gasteiger partial charge is 0.210 e. The van der Waals surface area contributed by atoms with Gasteiger partial charge in [0.15, 0.2) is 4.34 Å². The molecule has 118 valence electrons. The van der Waals surface area contributed by atoms with Crippen molar-refractivity contribution in [2.45, 2.75) is 10.4 Å². The Bertz CT molecular complexity index is 767. The molecule has 0 bridgehead atoms. The van der Waals surface area contributed by atoms with Crippen LogP contribution in [0.1, 0.15) is 11.7 Å². The quantitative estimate of drug-likeness (QED) is 0.618. The highest BCUT2D eigenvalue weighted by molar-refractivity contribution is 8.01. The molecular weight excluding hydrogens is 350 g/mol. The molecule has 23 heavy (non-hydrogen) atoms. The highest BCUT2D eigenvalue weighted by Gasteiger charge is 2.13. The summed E-state index contributed by atoms with van der Waals surface area (Å²) in [4.78, 5) is 0. The van der Waals surface area contributed by atoms with Crippen molar-refractivity contribution >= 4 is 45.5 Å². The zero-order chi connectivity index (χ0) is 16.1. The van der Waals surface area contributed by atoms with Crippen LogP contribution in [-0.2, 0) is 0 Å². The maximum absolute atomic E-state index is 10.2. The number of nitrogens with one attached hydrogen (secondary N) is 1. The summed E-state index contributed by atoms with van der Waals surface area (Å²) in [7, 11) is 0. The maximum Gasteiger partial charge on any atom is 0.210 e. The number of rotatable bonds is 6. The van der Waals surface area contributed by atoms with Crippen LogP contribution in [0.3, 0.4) is 0 Å². The molecule has 1 aromatic heterocycles. The lowest BCUT2D eigenvalue weighted by Crippen LogP contribution is -2.01. The van der Waals surface area contributed by atoms with Crippen LogP contribution >= 0.6 is 34.7 Å². The molecule has 1 unspecified atom stereocenters. The second-order valence-electron chi connectivity index (χ2n) is 4.71. The fourth-order valence-electron chi connectivity index (χ4n) is 1.95. The van der Waals surface area contributed by atoms with E-state index in [0.29, 0.717) is 10.8 Å². The van der Waals surface area contributed by atoms with Gasteiger partial charge in [0, 0.05) is 16.5 Å². The van der Waals surface area contributed by atoms with E-state index in [-0.39, 0.29) is 0 Å². The van der Waals surface area contributed by atoms with Crippen molar-refractivity contribution in [1.29, 1.82) is 0 Å². The molecule has 3 rings (SSSR count). The molecule has 0 radical (unpaired) electrons. The Morgan fingerprint density at radius 2 is 1.83 bits per heavy atom. The Kier molecular flexibility index (Phi) is 5.51. The monoisotopic (exact) mass is 363 g/mol. The molecule has 1 heterocycles. The topological polar surface area (TPSA) is 58.0 Å². The first-order valence-electron chi connectivity index (χ1n) is 6.93. The fourth-order valence-corrected chi connectivity index (χ4v) is 3.96. The van der Waals surface area contributed by atoms with Crippen molar-refractivity contribution in [2.75, 3.05) is 11.1 Å². The van der Waals surface area contributed by atoms with Gasteiger partial charge in [0.2, 0.25) is 5.13 Å². The molecule has 0 saturated heterocycles. The summed E-state index contributed by atoms with van der Waals surface area (Å²) < 4.78 is 0.800. The zero-order valence-corrected chi connectivity index (χ0v) is 14.4. The number of aromatic nitrogens is 2. The number of aliphatic hydroxyl groups excluding tert-OH is 1. The largest absolute Gasteiger partial charge is 0.387 e. The minimum Gasteiger partial charge on any atom is -0.387 e. The van der Waals surface area contributed by atoms with E-state index in [2.05, 4.69) is 15.5 Å². The fraction of sp³-hybridized carbons (Fsp3) is 0.125. The molecule has 0 fully saturated rings. The molecule has 0 aliphatic carbocycles. The van der Waals surface area contributed by atoms with Crippen molar-refractivity contribution in [2.24, 2.45) is 0 Å². The third kappa shape index (κ3) is 4.45. The minimum atomic E-state index is -0.636. The van der Waals surface area contributed by atoms with Crippen LogP contribution in [0.4, 0.5) is 10.8 Å². The Morgan fingerprint density at radius 1 is 1.09 bits per heavy atom. The molecule has 4 nitrogen and oxygen atoms in total. The number of benzene rings is 2. The molecule has 1 atom stereocenters. The lowest BCUT2D eigenvalue weighted by Gasteiger charge is -2.10. The highest BCUT2D eigenvalue weighted by atomic mass is 35.5. The summed E-state index contributed by atoms with van der Waals surface area (Å²) in [6.07, 6.45) is -0.636. The van der Waals surface area contributed by atoms with E-state index in [9.17, 15) is 5.11 Å². The zero-order valence-electron chi connectivity index (χ0n) is 12.0. The molecule has 0 spiro atoms. The Hall–Kier alpha value is -1.60. The highest BCUT2D eigenvalue weighted by Crippen LogP contribution is 2.32. The van der Waals surface area contributed by atoms with Crippen LogP contribution < -0.4 is 5.32 Å². The van der Waals surface area contributed by atoms with Crippen molar-refractivity contribution in [3.63, 3.8) is 0 Å². The lowest BCUT2D eigenvalue weighted by molar-refractivity contribution is 0.204. The molecule has 2 N–H and O–H groups in total. The number of para-hydroxylation sites is 1. The molecule has 0 aliphatic rings. The van der Waals surface area contributed by atoms with Crippen LogP contribution in [-0.4, -0.2) is 21.1 Å². The first-order valence-corrected chi connectivity index (χ1v) is 9.11. The summed E-state index contributed by atoms with van der Waals surface area (Å²) in [5, 5.41) is 23.0. The molecule has 0 saturated carbocycles. The van der Waals surface area contributed by atoms with Crippen LogP contribution in [0.2, 0.25) is 5.02 Å². The predicted molar refractivity (Wildman–Crippen MR) is 96.8 cm³/mol. The Morgan fingerprint density at radius 3 is 2.61 bits per heavy atom. The second-order valence-corrected chi connectivity index (χ2v) is 7.36. The minimum absolute atomic E-state index is 0.476. The lowest BCUT2D eigenvalue weighted by atomic mass is 10.1. The number of hydrogen-bond donors (Lipinski definition) is 2. The van der Waals surface area contributed by atoms with E-state index >= 15 is 0 Å². The summed E-state index contributed by atoms with van der Waals surface area (Å²) in [5.41, 5.74) is 1.70. The van der Waals surface area contributed by atoms with Gasteiger partial charge in [-0.2, -0.15) is 0 Å². The molecule has 0 aliphatic heterocycles. The molecule has 3 aromatic rings. The van der Waals surface area contributed by atoms with Gasteiger partial charge in [0.25, 0.3) is 0 Å². The van der Waals surface area contributed by atoms with Gasteiger partial charge in [-0.3, -0.25) is 0 Å². The van der Waals surface area contributed by atoms with Crippen LogP contribution in [0.5, 0.6) is 0 Å². The van der Waals surface area contributed by atoms with Gasteiger partial charge in [-0.15, -0.1) is 10.2 Å². The van der Waals surface area contributed by atoms with E-state index in [0.717, 1.165) is 20.7 Å². The van der Waals surface area contributed by atoms with Crippen molar-refractivity contribution in [3.8, 4) is 0 Å². The van der Waals surface area contributed by atoms with Gasteiger partial charge in [-0.05, 0) is 23.8 Å². The molecule has 0 amide bonds. The van der Waals surface area contributed by atoms with Gasteiger partial charge in [0.05, 0.1) is 6.10 Å². The van der Waals surface area contributed by atoms with Crippen molar-refractivity contribution in [1.82, 2.24) is 10.2 Å². The average Bonchev–Trinajstić information content (AvgIpc) is 3.01. The number of hydrogen-bond acceptors (Lipinski definition) is 6. The van der Waals surface area contributed by atoms with Crippen LogP contribution in [0.25, 0.3) is 0 Å². The first kappa shape index (κ1) is 16.3. The maximum atomic E-state index is 10.2. The van der Waals surface area contributed by atoms with Gasteiger partial charge in [-0.25, -0.2) is 0 Å². The Labute approximate surface area is 147 Å². The van der Waals surface area contributed by atoms with Gasteiger partial charge < -0.3 is 10.4 Å². The molecule has 2 aromatic carbocycles. The van der Waals surface area contributed by atoms with Gasteiger partial charge in [0.1, 0.15) is 0 Å². The predicted octanol–water partition coefficient (Wildman–Crippen LogP) is 4.76. The standard InChI is InChI=1S/C16H14ClN3OS2/c17-13-9-5-4-8-12(13)14(21)10-22-16-20-19-15(23-16)18-11-6-2-1-3-7-11/h1-9,14,21H,10H2,(H,18,19). The third-order valence-electron chi connectivity index (χ3n) is 3.06. The summed E-state index contributed by atoms with van der Waals surface area (Å²) in [6, 6.07) is 17.1. The third-order valence-corrected chi connectivity index (χ3v) is 5.45. The number of aliphatic hydroxyl groups is 1. The Balaban J connectivity index is 1.58. The van der Waals surface area contributed by atoms with Gasteiger partial charge >= 0.3 is 0 Å². The van der Waals surface area contributed by atoms with E-state index in [1.54, 1.807) is 6.07 Å². The molecular formula is C16H14ClN3OS2. The molecule has 7 heteroatoms. The van der Waals surface area contributed by atoms with Crippen molar-refractivity contribution < 1.29 is 5.11 Å². The van der Waals surface area contributed by atoms with E-state index in [1.807, 2.05) is 48.5 Å². The SMILES string of the molecule is OC(CSc1nnc(Nc2ccccc2)s1)c1ccccc1Cl. The second kappa shape index (κ2) is 7.79. The van der Waals surface area contributed by atoms with Crippen LogP contribution in [0, 0.1) is 0 Å². The van der Waals surface area contributed by atoms with Crippen LogP contribution in [0.15, 0.2) is 58.9 Å². The first-order chi connectivity index (χ1) is 11.2. The number of nitrogens with zero attached hydrogens (tertiary/aromatic N) is 2. The summed E-state index contributed by atoms with van der Waals surface area (Å²) in [6.45, 7) is 0. The average molecular weight is 364 g/mol. The van der Waals surface area contributed by atoms with E-state index in [1.165, 1.54) is 23.1 Å². The van der Waals surface area contributed by atoms with E-state index in [4.69, 9.17) is 11.6 Å².